The lowest BCUT2D eigenvalue weighted by molar-refractivity contribution is 0.102. The first-order chi connectivity index (χ1) is 10.1. The van der Waals surface area contributed by atoms with Gasteiger partial charge < -0.3 is 10.1 Å². The summed E-state index contributed by atoms with van der Waals surface area (Å²) in [7, 11) is 1.61. The first-order valence-electron chi connectivity index (χ1n) is 7.11. The summed E-state index contributed by atoms with van der Waals surface area (Å²) in [5.41, 5.74) is 4.73. The van der Waals surface area contributed by atoms with Crippen molar-refractivity contribution in [1.82, 2.24) is 0 Å². The fourth-order valence-corrected chi connectivity index (χ4v) is 2.35. The van der Waals surface area contributed by atoms with Crippen LogP contribution in [0, 0.1) is 13.8 Å². The van der Waals surface area contributed by atoms with Crippen molar-refractivity contribution < 1.29 is 9.53 Å². The van der Waals surface area contributed by atoms with E-state index in [1.54, 1.807) is 13.2 Å². The second kappa shape index (κ2) is 6.44. The van der Waals surface area contributed by atoms with E-state index in [0.29, 0.717) is 5.56 Å². The summed E-state index contributed by atoms with van der Waals surface area (Å²) < 4.78 is 5.27. The fourth-order valence-electron chi connectivity index (χ4n) is 2.35. The van der Waals surface area contributed by atoms with Gasteiger partial charge in [0, 0.05) is 11.3 Å². The number of methoxy groups -OCH3 is 1. The van der Waals surface area contributed by atoms with Crippen LogP contribution in [0.1, 0.15) is 34.0 Å². The third-order valence-corrected chi connectivity index (χ3v) is 3.65. The summed E-state index contributed by atoms with van der Waals surface area (Å²) in [5, 5.41) is 3.02. The number of para-hydroxylation sites is 1. The molecule has 0 unspecified atom stereocenters. The van der Waals surface area contributed by atoms with Gasteiger partial charge in [-0.1, -0.05) is 31.2 Å². The van der Waals surface area contributed by atoms with Crippen molar-refractivity contribution in [2.75, 3.05) is 12.4 Å². The van der Waals surface area contributed by atoms with E-state index in [0.717, 1.165) is 34.5 Å². The molecule has 0 aliphatic heterocycles. The van der Waals surface area contributed by atoms with Gasteiger partial charge in [0.1, 0.15) is 5.75 Å². The largest absolute Gasteiger partial charge is 0.496 e. The average Bonchev–Trinajstić information content (AvgIpc) is 2.49. The van der Waals surface area contributed by atoms with Gasteiger partial charge >= 0.3 is 0 Å². The van der Waals surface area contributed by atoms with Gasteiger partial charge in [-0.25, -0.2) is 0 Å². The minimum absolute atomic E-state index is 0.114. The summed E-state index contributed by atoms with van der Waals surface area (Å²) in [6.07, 6.45) is 0.883. The molecule has 0 saturated heterocycles. The summed E-state index contributed by atoms with van der Waals surface area (Å²) in [6.45, 7) is 6.04. The Labute approximate surface area is 126 Å². The minimum Gasteiger partial charge on any atom is -0.496 e. The normalized spacial score (nSPS) is 10.3. The number of amides is 1. The molecular formula is C18H21NO2. The van der Waals surface area contributed by atoms with Crippen LogP contribution in [0.15, 0.2) is 36.4 Å². The Hall–Kier alpha value is -2.29. The highest BCUT2D eigenvalue weighted by atomic mass is 16.5. The molecule has 2 rings (SSSR count). The van der Waals surface area contributed by atoms with E-state index >= 15 is 0 Å². The van der Waals surface area contributed by atoms with Crippen LogP contribution < -0.4 is 10.1 Å². The van der Waals surface area contributed by atoms with Crippen LogP contribution in [0.5, 0.6) is 5.75 Å². The monoisotopic (exact) mass is 283 g/mol. The third kappa shape index (κ3) is 3.24. The zero-order valence-electron chi connectivity index (χ0n) is 13.0. The van der Waals surface area contributed by atoms with Gasteiger partial charge in [0.05, 0.1) is 7.11 Å². The van der Waals surface area contributed by atoms with E-state index in [1.165, 1.54) is 0 Å². The van der Waals surface area contributed by atoms with Gasteiger partial charge in [-0.05, 0) is 49.1 Å². The van der Waals surface area contributed by atoms with Gasteiger partial charge in [-0.3, -0.25) is 4.79 Å². The molecule has 110 valence electrons. The van der Waals surface area contributed by atoms with Gasteiger partial charge in [0.15, 0.2) is 0 Å². The van der Waals surface area contributed by atoms with Gasteiger partial charge in [-0.15, -0.1) is 0 Å². The van der Waals surface area contributed by atoms with Crippen molar-refractivity contribution >= 4 is 11.6 Å². The van der Waals surface area contributed by atoms with E-state index in [2.05, 4.69) is 12.2 Å². The Morgan fingerprint density at radius 2 is 1.90 bits per heavy atom. The first kappa shape index (κ1) is 15.1. The van der Waals surface area contributed by atoms with Crippen molar-refractivity contribution in [3.8, 4) is 5.75 Å². The van der Waals surface area contributed by atoms with Crippen LogP contribution in [0.2, 0.25) is 0 Å². The number of hydrogen-bond acceptors (Lipinski definition) is 2. The maximum absolute atomic E-state index is 12.4. The molecule has 0 aliphatic carbocycles. The highest BCUT2D eigenvalue weighted by Gasteiger charge is 2.12. The second-order valence-corrected chi connectivity index (χ2v) is 5.10. The molecule has 0 heterocycles. The lowest BCUT2D eigenvalue weighted by atomic mass is 10.0. The molecule has 1 amide bonds. The van der Waals surface area contributed by atoms with Crippen LogP contribution in [0.25, 0.3) is 0 Å². The van der Waals surface area contributed by atoms with Crippen LogP contribution in [0.4, 0.5) is 5.69 Å². The molecule has 21 heavy (non-hydrogen) atoms. The van der Waals surface area contributed by atoms with E-state index in [-0.39, 0.29) is 5.91 Å². The van der Waals surface area contributed by atoms with Gasteiger partial charge in [0.2, 0.25) is 0 Å². The predicted octanol–water partition coefficient (Wildman–Crippen LogP) is 4.13. The fraction of sp³-hybridized carbons (Fsp3) is 0.278. The lowest BCUT2D eigenvalue weighted by Crippen LogP contribution is -2.14. The minimum atomic E-state index is -0.114. The van der Waals surface area contributed by atoms with Crippen molar-refractivity contribution in [2.24, 2.45) is 0 Å². The quantitative estimate of drug-likeness (QED) is 0.916. The van der Waals surface area contributed by atoms with E-state index < -0.39 is 0 Å². The summed E-state index contributed by atoms with van der Waals surface area (Å²) in [4.78, 5) is 12.4. The Kier molecular flexibility index (Phi) is 4.63. The molecule has 1 N–H and O–H groups in total. The predicted molar refractivity (Wildman–Crippen MR) is 86.2 cm³/mol. The Morgan fingerprint density at radius 1 is 1.14 bits per heavy atom. The smallest absolute Gasteiger partial charge is 0.255 e. The highest BCUT2D eigenvalue weighted by molar-refractivity contribution is 6.05. The summed E-state index contributed by atoms with van der Waals surface area (Å²) in [6, 6.07) is 11.5. The number of ether oxygens (including phenoxy) is 1. The standard InChI is InChI=1S/C18H21NO2/c1-5-14-8-6-7-13(3)17(14)19-18(20)15-10-9-12(2)16(11-15)21-4/h6-11H,5H2,1-4H3,(H,19,20). The zero-order valence-corrected chi connectivity index (χ0v) is 13.0. The van der Waals surface area contributed by atoms with Crippen LogP contribution in [0.3, 0.4) is 0 Å². The molecule has 0 atom stereocenters. The third-order valence-electron chi connectivity index (χ3n) is 3.65. The number of benzene rings is 2. The summed E-state index contributed by atoms with van der Waals surface area (Å²) in [5.74, 6) is 0.612. The Morgan fingerprint density at radius 3 is 2.57 bits per heavy atom. The van der Waals surface area contributed by atoms with Gasteiger partial charge in [-0.2, -0.15) is 0 Å². The van der Waals surface area contributed by atoms with Crippen molar-refractivity contribution in [3.63, 3.8) is 0 Å². The number of hydrogen-bond donors (Lipinski definition) is 1. The number of rotatable bonds is 4. The van der Waals surface area contributed by atoms with E-state index in [4.69, 9.17) is 4.74 Å². The molecular weight excluding hydrogens is 262 g/mol. The van der Waals surface area contributed by atoms with Gasteiger partial charge in [0.25, 0.3) is 5.91 Å². The number of nitrogens with one attached hydrogen (secondary N) is 1. The van der Waals surface area contributed by atoms with Crippen molar-refractivity contribution in [2.45, 2.75) is 27.2 Å². The first-order valence-corrected chi connectivity index (χ1v) is 7.11. The number of anilines is 1. The Bertz CT molecular complexity index is 662. The molecule has 0 fully saturated rings. The average molecular weight is 283 g/mol. The van der Waals surface area contributed by atoms with Crippen LogP contribution >= 0.6 is 0 Å². The molecule has 0 radical (unpaired) electrons. The number of carbonyl (C=O) groups is 1. The summed E-state index contributed by atoms with van der Waals surface area (Å²) >= 11 is 0. The maximum atomic E-state index is 12.4. The molecule has 0 aliphatic rings. The Balaban J connectivity index is 2.30. The lowest BCUT2D eigenvalue weighted by Gasteiger charge is -2.13. The SMILES string of the molecule is CCc1cccc(C)c1NC(=O)c1ccc(C)c(OC)c1. The number of carbonyl (C=O) groups excluding carboxylic acids is 1. The molecule has 2 aromatic rings. The molecule has 0 spiro atoms. The van der Waals surface area contributed by atoms with E-state index in [9.17, 15) is 4.79 Å². The van der Waals surface area contributed by atoms with Crippen LogP contribution in [-0.2, 0) is 6.42 Å². The molecule has 0 saturated carbocycles. The topological polar surface area (TPSA) is 38.3 Å². The van der Waals surface area contributed by atoms with Crippen molar-refractivity contribution in [1.29, 1.82) is 0 Å². The maximum Gasteiger partial charge on any atom is 0.255 e. The molecule has 3 heteroatoms. The second-order valence-electron chi connectivity index (χ2n) is 5.10. The molecule has 0 aromatic heterocycles. The molecule has 0 bridgehead atoms. The zero-order chi connectivity index (χ0) is 15.4. The highest BCUT2D eigenvalue weighted by Crippen LogP contribution is 2.23. The van der Waals surface area contributed by atoms with Crippen LogP contribution in [-0.4, -0.2) is 13.0 Å². The number of aryl methyl sites for hydroxylation is 3. The van der Waals surface area contributed by atoms with Crippen molar-refractivity contribution in [3.05, 3.63) is 58.7 Å². The molecule has 2 aromatic carbocycles. The molecule has 3 nitrogen and oxygen atoms in total. The van der Waals surface area contributed by atoms with E-state index in [1.807, 2.05) is 44.2 Å².